The number of fused-ring (bicyclic) bond motifs is 1. The van der Waals surface area contributed by atoms with Crippen LogP contribution in [0, 0.1) is 6.92 Å². The van der Waals surface area contributed by atoms with E-state index in [0.717, 1.165) is 11.1 Å². The van der Waals surface area contributed by atoms with Crippen LogP contribution in [0.4, 0.5) is 10.5 Å². The van der Waals surface area contributed by atoms with Gasteiger partial charge in [-0.1, -0.05) is 30.3 Å². The third-order valence-electron chi connectivity index (χ3n) is 4.91. The van der Waals surface area contributed by atoms with Gasteiger partial charge in [0.05, 0.1) is 0 Å². The van der Waals surface area contributed by atoms with E-state index in [9.17, 15) is 9.90 Å². The van der Waals surface area contributed by atoms with Crippen molar-refractivity contribution in [1.82, 2.24) is 5.32 Å². The van der Waals surface area contributed by atoms with Crippen molar-refractivity contribution in [2.45, 2.75) is 45.0 Å². The molecule has 1 aliphatic heterocycles. The number of aliphatic hydroxyl groups is 1. The molecule has 0 unspecified atom stereocenters. The molecule has 0 radical (unpaired) electrons. The van der Waals surface area contributed by atoms with E-state index in [0.29, 0.717) is 30.0 Å². The SMILES string of the molecule is Cc1c(N)ccc2c1OC(C)(C)[C@H](O)[C@H]2OC(=O)NCCc1ccccc1. The Labute approximate surface area is 159 Å². The summed E-state index contributed by atoms with van der Waals surface area (Å²) in [4.78, 5) is 12.3. The highest BCUT2D eigenvalue weighted by atomic mass is 16.6. The lowest BCUT2D eigenvalue weighted by molar-refractivity contribution is -0.114. The number of aliphatic hydroxyl groups excluding tert-OH is 1. The lowest BCUT2D eigenvalue weighted by Crippen LogP contribution is -2.50. The average molecular weight is 370 g/mol. The Morgan fingerprint density at radius 3 is 2.67 bits per heavy atom. The van der Waals surface area contributed by atoms with Gasteiger partial charge in [-0.15, -0.1) is 0 Å². The highest BCUT2D eigenvalue weighted by molar-refractivity contribution is 5.68. The maximum absolute atomic E-state index is 12.3. The zero-order chi connectivity index (χ0) is 19.6. The monoisotopic (exact) mass is 370 g/mol. The standard InChI is InChI=1S/C21H26N2O4/c1-13-16(22)10-9-15-17(13)27-21(2,3)19(24)18(15)26-20(25)23-12-11-14-7-5-4-6-8-14/h4-10,18-19,24H,11-12,22H2,1-3H3,(H,23,25)/t18-,19+/m0/s1. The highest BCUT2D eigenvalue weighted by Gasteiger charge is 2.45. The van der Waals surface area contributed by atoms with Crippen LogP contribution in [0.1, 0.15) is 36.6 Å². The van der Waals surface area contributed by atoms with Crippen LogP contribution in [0.3, 0.4) is 0 Å². The Balaban J connectivity index is 1.71. The van der Waals surface area contributed by atoms with Gasteiger partial charge in [-0.2, -0.15) is 0 Å². The molecule has 27 heavy (non-hydrogen) atoms. The number of nitrogen functional groups attached to an aromatic ring is 1. The third-order valence-corrected chi connectivity index (χ3v) is 4.91. The van der Waals surface area contributed by atoms with Crippen LogP contribution >= 0.6 is 0 Å². The smallest absolute Gasteiger partial charge is 0.407 e. The van der Waals surface area contributed by atoms with Crippen LogP contribution in [-0.2, 0) is 11.2 Å². The summed E-state index contributed by atoms with van der Waals surface area (Å²) in [6.07, 6.45) is -1.72. The molecule has 0 spiro atoms. The molecular weight excluding hydrogens is 344 g/mol. The summed E-state index contributed by atoms with van der Waals surface area (Å²) in [6.45, 7) is 5.80. The Morgan fingerprint density at radius 2 is 1.96 bits per heavy atom. The molecule has 0 aliphatic carbocycles. The summed E-state index contributed by atoms with van der Waals surface area (Å²) in [5.41, 5.74) is 8.16. The maximum Gasteiger partial charge on any atom is 0.407 e. The van der Waals surface area contributed by atoms with E-state index in [2.05, 4.69) is 5.32 Å². The number of rotatable bonds is 4. The van der Waals surface area contributed by atoms with E-state index in [-0.39, 0.29) is 0 Å². The van der Waals surface area contributed by atoms with E-state index in [1.807, 2.05) is 37.3 Å². The predicted octanol–water partition coefficient (Wildman–Crippen LogP) is 3.12. The van der Waals surface area contributed by atoms with E-state index >= 15 is 0 Å². The fourth-order valence-electron chi connectivity index (χ4n) is 3.18. The topological polar surface area (TPSA) is 93.8 Å². The van der Waals surface area contributed by atoms with Gasteiger partial charge in [0.1, 0.15) is 17.5 Å². The fourth-order valence-corrected chi connectivity index (χ4v) is 3.18. The summed E-state index contributed by atoms with van der Waals surface area (Å²) in [5, 5.41) is 13.4. The second-order valence-electron chi connectivity index (χ2n) is 7.34. The molecule has 0 aromatic heterocycles. The summed E-state index contributed by atoms with van der Waals surface area (Å²) < 4.78 is 11.5. The number of carbonyl (C=O) groups is 1. The van der Waals surface area contributed by atoms with Crippen LogP contribution in [0.25, 0.3) is 0 Å². The summed E-state index contributed by atoms with van der Waals surface area (Å²) in [7, 11) is 0. The van der Waals surface area contributed by atoms with Gasteiger partial charge in [0.25, 0.3) is 0 Å². The molecule has 0 bridgehead atoms. The van der Waals surface area contributed by atoms with Gasteiger partial charge in [0.2, 0.25) is 0 Å². The zero-order valence-corrected chi connectivity index (χ0v) is 15.9. The molecule has 2 aromatic carbocycles. The van der Waals surface area contributed by atoms with Crippen molar-refractivity contribution in [3.05, 3.63) is 59.2 Å². The van der Waals surface area contributed by atoms with Crippen molar-refractivity contribution < 1.29 is 19.4 Å². The van der Waals surface area contributed by atoms with Crippen molar-refractivity contribution in [2.75, 3.05) is 12.3 Å². The van der Waals surface area contributed by atoms with E-state index < -0.39 is 23.9 Å². The summed E-state index contributed by atoms with van der Waals surface area (Å²) >= 11 is 0. The number of amides is 1. The molecule has 1 amide bonds. The van der Waals surface area contributed by atoms with Crippen LogP contribution < -0.4 is 15.8 Å². The number of alkyl carbamates (subject to hydrolysis) is 1. The molecule has 0 saturated carbocycles. The second kappa shape index (κ2) is 7.48. The molecule has 0 fully saturated rings. The molecule has 1 aliphatic rings. The largest absolute Gasteiger partial charge is 0.484 e. The number of nitrogens with two attached hydrogens (primary N) is 1. The molecular formula is C21H26N2O4. The van der Waals surface area contributed by atoms with Crippen molar-refractivity contribution in [3.8, 4) is 5.75 Å². The molecule has 144 valence electrons. The zero-order valence-electron chi connectivity index (χ0n) is 15.9. The van der Waals surface area contributed by atoms with E-state index in [1.54, 1.807) is 26.0 Å². The second-order valence-corrected chi connectivity index (χ2v) is 7.34. The first-order valence-electron chi connectivity index (χ1n) is 9.04. The molecule has 2 aromatic rings. The van der Waals surface area contributed by atoms with Gasteiger partial charge in [-0.25, -0.2) is 4.79 Å². The average Bonchev–Trinajstić information content (AvgIpc) is 2.63. The highest BCUT2D eigenvalue weighted by Crippen LogP contribution is 2.44. The van der Waals surface area contributed by atoms with Gasteiger partial charge >= 0.3 is 6.09 Å². The minimum Gasteiger partial charge on any atom is -0.484 e. The lowest BCUT2D eigenvalue weighted by atomic mass is 9.87. The van der Waals surface area contributed by atoms with Gasteiger partial charge < -0.3 is 25.6 Å². The van der Waals surface area contributed by atoms with Crippen molar-refractivity contribution >= 4 is 11.8 Å². The molecule has 2 atom stereocenters. The van der Waals surface area contributed by atoms with E-state index in [1.165, 1.54) is 0 Å². The van der Waals surface area contributed by atoms with E-state index in [4.69, 9.17) is 15.2 Å². The minimum atomic E-state index is -1.01. The molecule has 3 rings (SSSR count). The molecule has 4 N–H and O–H groups in total. The van der Waals surface area contributed by atoms with Gasteiger partial charge in [-0.3, -0.25) is 0 Å². The van der Waals surface area contributed by atoms with Gasteiger partial charge in [0.15, 0.2) is 6.10 Å². The van der Waals surface area contributed by atoms with Gasteiger partial charge in [-0.05, 0) is 44.9 Å². The number of ether oxygens (including phenoxy) is 2. The first kappa shape index (κ1) is 19.0. The van der Waals surface area contributed by atoms with Crippen LogP contribution in [0.5, 0.6) is 5.75 Å². The Morgan fingerprint density at radius 1 is 1.26 bits per heavy atom. The summed E-state index contributed by atoms with van der Waals surface area (Å²) in [5.74, 6) is 0.562. The number of hydrogen-bond acceptors (Lipinski definition) is 5. The first-order valence-corrected chi connectivity index (χ1v) is 9.04. The van der Waals surface area contributed by atoms with Crippen molar-refractivity contribution in [2.24, 2.45) is 0 Å². The Kier molecular flexibility index (Phi) is 5.28. The summed E-state index contributed by atoms with van der Waals surface area (Å²) in [6, 6.07) is 13.3. The van der Waals surface area contributed by atoms with Gasteiger partial charge in [0, 0.05) is 23.4 Å². The van der Waals surface area contributed by atoms with Crippen molar-refractivity contribution in [3.63, 3.8) is 0 Å². The lowest BCUT2D eigenvalue weighted by Gasteiger charge is -2.42. The van der Waals surface area contributed by atoms with Crippen LogP contribution in [0.15, 0.2) is 42.5 Å². The predicted molar refractivity (Wildman–Crippen MR) is 104 cm³/mol. The number of nitrogens with one attached hydrogen (secondary N) is 1. The normalized spacial score (nSPS) is 20.3. The molecule has 6 heteroatoms. The molecule has 0 saturated heterocycles. The molecule has 1 heterocycles. The fraction of sp³-hybridized carbons (Fsp3) is 0.381. The molecule has 6 nitrogen and oxygen atoms in total. The van der Waals surface area contributed by atoms with Crippen molar-refractivity contribution in [1.29, 1.82) is 0 Å². The Hall–Kier alpha value is -2.73. The minimum absolute atomic E-state index is 0.444. The quantitative estimate of drug-likeness (QED) is 0.719. The number of hydrogen-bond donors (Lipinski definition) is 3. The van der Waals surface area contributed by atoms with Crippen LogP contribution in [0.2, 0.25) is 0 Å². The maximum atomic E-state index is 12.3. The van der Waals surface area contributed by atoms with Crippen LogP contribution in [-0.4, -0.2) is 29.4 Å². The number of anilines is 1. The number of carbonyl (C=O) groups excluding carboxylic acids is 1. The third kappa shape index (κ3) is 4.01. The number of benzene rings is 2. The first-order chi connectivity index (χ1) is 12.8. The Bertz CT molecular complexity index is 820.